The van der Waals surface area contributed by atoms with Crippen molar-refractivity contribution in [3.8, 4) is 11.4 Å². The highest BCUT2D eigenvalue weighted by atomic mass is 32.2. The van der Waals surface area contributed by atoms with Gasteiger partial charge in [0.15, 0.2) is 0 Å². The van der Waals surface area contributed by atoms with Crippen molar-refractivity contribution in [2.45, 2.75) is 25.7 Å². The van der Waals surface area contributed by atoms with Crippen LogP contribution in [0.2, 0.25) is 0 Å². The van der Waals surface area contributed by atoms with E-state index in [1.165, 1.54) is 10.3 Å². The van der Waals surface area contributed by atoms with Gasteiger partial charge in [-0.2, -0.15) is 9.19 Å². The van der Waals surface area contributed by atoms with E-state index in [0.717, 1.165) is 42.6 Å². The van der Waals surface area contributed by atoms with Gasteiger partial charge in [0.25, 0.3) is 10.0 Å². The van der Waals surface area contributed by atoms with E-state index in [-0.39, 0.29) is 0 Å². The van der Waals surface area contributed by atoms with Gasteiger partial charge in [-0.15, -0.1) is 0 Å². The molecule has 0 saturated heterocycles. The van der Waals surface area contributed by atoms with Crippen molar-refractivity contribution in [1.82, 2.24) is 14.2 Å². The Morgan fingerprint density at radius 2 is 2.00 bits per heavy atom. The van der Waals surface area contributed by atoms with E-state index in [2.05, 4.69) is 10.1 Å². The van der Waals surface area contributed by atoms with Gasteiger partial charge in [0.2, 0.25) is 0 Å². The highest BCUT2D eigenvalue weighted by Gasteiger charge is 2.25. The van der Waals surface area contributed by atoms with Crippen LogP contribution in [-0.4, -0.2) is 28.8 Å². The van der Waals surface area contributed by atoms with E-state index in [1.807, 2.05) is 18.2 Å². The standard InChI is InChI=1S/C13H15N3O2S/c1-19(17,18)16-12-8-3-2-6-10(12)13(15-16)11-7-4-5-9-14-11/h4-5,7,9H,2-3,6,8H2,1H3. The average Bonchev–Trinajstić information content (AvgIpc) is 2.79. The van der Waals surface area contributed by atoms with Crippen LogP contribution in [0.5, 0.6) is 0 Å². The molecule has 0 bridgehead atoms. The van der Waals surface area contributed by atoms with Crippen LogP contribution in [-0.2, 0) is 22.9 Å². The highest BCUT2D eigenvalue weighted by molar-refractivity contribution is 7.89. The number of hydrogen-bond acceptors (Lipinski definition) is 4. The van der Waals surface area contributed by atoms with Crippen molar-refractivity contribution in [2.24, 2.45) is 0 Å². The Kier molecular flexibility index (Phi) is 2.89. The second-order valence-electron chi connectivity index (χ2n) is 4.80. The predicted molar refractivity (Wildman–Crippen MR) is 72.3 cm³/mol. The summed E-state index contributed by atoms with van der Waals surface area (Å²) in [5.41, 5.74) is 3.31. The first-order valence-corrected chi connectivity index (χ1v) is 8.15. The lowest BCUT2D eigenvalue weighted by Crippen LogP contribution is -2.17. The molecule has 0 amide bonds. The van der Waals surface area contributed by atoms with E-state index in [4.69, 9.17) is 0 Å². The Morgan fingerprint density at radius 3 is 2.68 bits per heavy atom. The Labute approximate surface area is 112 Å². The van der Waals surface area contributed by atoms with E-state index in [1.54, 1.807) is 6.20 Å². The van der Waals surface area contributed by atoms with Crippen LogP contribution in [0.15, 0.2) is 24.4 Å². The maximum atomic E-state index is 11.8. The third-order valence-corrected chi connectivity index (χ3v) is 4.30. The maximum Gasteiger partial charge on any atom is 0.251 e. The third kappa shape index (κ3) is 2.16. The van der Waals surface area contributed by atoms with E-state index in [0.29, 0.717) is 5.69 Å². The minimum atomic E-state index is -3.35. The molecule has 0 fully saturated rings. The van der Waals surface area contributed by atoms with Crippen LogP contribution >= 0.6 is 0 Å². The summed E-state index contributed by atoms with van der Waals surface area (Å²) in [6.45, 7) is 0. The Hall–Kier alpha value is -1.69. The molecule has 0 atom stereocenters. The molecule has 2 aromatic heterocycles. The second kappa shape index (κ2) is 4.45. The van der Waals surface area contributed by atoms with Crippen molar-refractivity contribution < 1.29 is 8.42 Å². The summed E-state index contributed by atoms with van der Waals surface area (Å²) >= 11 is 0. The maximum absolute atomic E-state index is 11.8. The quantitative estimate of drug-likeness (QED) is 0.837. The molecule has 0 aliphatic heterocycles. The lowest BCUT2D eigenvalue weighted by Gasteiger charge is -2.12. The van der Waals surface area contributed by atoms with Gasteiger partial charge in [-0.1, -0.05) is 6.07 Å². The molecule has 2 aromatic rings. The fourth-order valence-corrected chi connectivity index (χ4v) is 3.38. The van der Waals surface area contributed by atoms with Gasteiger partial charge in [0.1, 0.15) is 5.69 Å². The van der Waals surface area contributed by atoms with Crippen LogP contribution in [0.1, 0.15) is 24.1 Å². The molecule has 0 N–H and O–H groups in total. The molecular weight excluding hydrogens is 262 g/mol. The lowest BCUT2D eigenvalue weighted by atomic mass is 9.95. The third-order valence-electron chi connectivity index (χ3n) is 3.37. The summed E-state index contributed by atoms with van der Waals surface area (Å²) in [4.78, 5) is 4.28. The van der Waals surface area contributed by atoms with Gasteiger partial charge in [-0.25, -0.2) is 8.42 Å². The molecule has 6 heteroatoms. The summed E-state index contributed by atoms with van der Waals surface area (Å²) in [5.74, 6) is 0. The molecule has 0 saturated carbocycles. The molecule has 100 valence electrons. The van der Waals surface area contributed by atoms with Gasteiger partial charge < -0.3 is 0 Å². The first-order valence-electron chi connectivity index (χ1n) is 6.30. The first-order chi connectivity index (χ1) is 9.07. The Balaban J connectivity index is 2.24. The summed E-state index contributed by atoms with van der Waals surface area (Å²) < 4.78 is 24.8. The second-order valence-corrected chi connectivity index (χ2v) is 6.61. The van der Waals surface area contributed by atoms with E-state index < -0.39 is 10.0 Å². The van der Waals surface area contributed by atoms with Crippen LogP contribution in [0, 0.1) is 0 Å². The number of pyridine rings is 1. The molecule has 1 aliphatic rings. The zero-order valence-electron chi connectivity index (χ0n) is 10.7. The van der Waals surface area contributed by atoms with Crippen LogP contribution in [0.4, 0.5) is 0 Å². The number of nitrogens with zero attached hydrogens (tertiary/aromatic N) is 3. The molecule has 0 aromatic carbocycles. The molecule has 19 heavy (non-hydrogen) atoms. The molecule has 0 radical (unpaired) electrons. The van der Waals surface area contributed by atoms with E-state index >= 15 is 0 Å². The zero-order valence-corrected chi connectivity index (χ0v) is 11.5. The summed E-state index contributed by atoms with van der Waals surface area (Å²) in [5, 5.41) is 4.30. The zero-order chi connectivity index (χ0) is 13.5. The largest absolute Gasteiger partial charge is 0.255 e. The fraction of sp³-hybridized carbons (Fsp3) is 0.385. The molecular formula is C13H15N3O2S. The smallest absolute Gasteiger partial charge is 0.251 e. The predicted octanol–water partition coefficient (Wildman–Crippen LogP) is 1.63. The van der Waals surface area contributed by atoms with Crippen LogP contribution in [0.25, 0.3) is 11.4 Å². The molecule has 0 unspecified atom stereocenters. The Bertz CT molecular complexity index is 705. The first kappa shape index (κ1) is 12.3. The molecule has 3 rings (SSSR count). The van der Waals surface area contributed by atoms with Crippen molar-refractivity contribution in [3.05, 3.63) is 35.7 Å². The lowest BCUT2D eigenvalue weighted by molar-refractivity contribution is 0.577. The SMILES string of the molecule is CS(=O)(=O)n1nc(-c2ccccn2)c2c1CCCC2. The topological polar surface area (TPSA) is 64.8 Å². The van der Waals surface area contributed by atoms with Crippen molar-refractivity contribution in [1.29, 1.82) is 0 Å². The van der Waals surface area contributed by atoms with Gasteiger partial charge in [0, 0.05) is 11.8 Å². The van der Waals surface area contributed by atoms with Gasteiger partial charge in [0.05, 0.1) is 17.6 Å². The van der Waals surface area contributed by atoms with Gasteiger partial charge in [-0.05, 0) is 37.8 Å². The normalized spacial score (nSPS) is 15.2. The van der Waals surface area contributed by atoms with Crippen LogP contribution in [0.3, 0.4) is 0 Å². The number of aromatic nitrogens is 3. The van der Waals surface area contributed by atoms with Crippen molar-refractivity contribution in [2.75, 3.05) is 6.26 Å². The number of hydrogen-bond donors (Lipinski definition) is 0. The van der Waals surface area contributed by atoms with Crippen molar-refractivity contribution in [3.63, 3.8) is 0 Å². The molecule has 1 aliphatic carbocycles. The molecule has 5 nitrogen and oxygen atoms in total. The minimum Gasteiger partial charge on any atom is -0.255 e. The summed E-state index contributed by atoms with van der Waals surface area (Å²) in [6, 6.07) is 5.59. The molecule has 0 spiro atoms. The summed E-state index contributed by atoms with van der Waals surface area (Å²) in [6.07, 6.45) is 6.61. The van der Waals surface area contributed by atoms with Crippen molar-refractivity contribution >= 4 is 10.0 Å². The number of rotatable bonds is 2. The highest BCUT2D eigenvalue weighted by Crippen LogP contribution is 2.30. The van der Waals surface area contributed by atoms with Gasteiger partial charge in [-0.3, -0.25) is 4.98 Å². The minimum absolute atomic E-state index is 0.709. The van der Waals surface area contributed by atoms with Crippen LogP contribution < -0.4 is 0 Å². The number of fused-ring (bicyclic) bond motifs is 1. The fourth-order valence-electron chi connectivity index (χ4n) is 2.55. The average molecular weight is 277 g/mol. The molecule has 2 heterocycles. The van der Waals surface area contributed by atoms with Gasteiger partial charge >= 0.3 is 0 Å². The monoisotopic (exact) mass is 277 g/mol. The van der Waals surface area contributed by atoms with E-state index in [9.17, 15) is 8.42 Å². The summed E-state index contributed by atoms with van der Waals surface area (Å²) in [7, 11) is -3.35. The Morgan fingerprint density at radius 1 is 1.21 bits per heavy atom.